The summed E-state index contributed by atoms with van der Waals surface area (Å²) in [6, 6.07) is 17.0. The lowest BCUT2D eigenvalue weighted by Gasteiger charge is -2.06. The summed E-state index contributed by atoms with van der Waals surface area (Å²) in [5.74, 6) is -0.0494. The highest BCUT2D eigenvalue weighted by atomic mass is 32.2. The number of hydrogen-bond donors (Lipinski definition) is 2. The fraction of sp³-hybridized carbons (Fsp3) is 0.0952. The van der Waals surface area contributed by atoms with Crippen LogP contribution in [0, 0.1) is 6.92 Å². The number of nitrogens with one attached hydrogen (secondary N) is 2. The fourth-order valence-corrected chi connectivity index (χ4v) is 3.76. The minimum absolute atomic E-state index is 0.111. The SMILES string of the molecule is Cc1csc(NC(=O)CSc2cccc(NC(=O)/C=C/c3ccccc3)c2)n1. The number of anilines is 2. The molecule has 28 heavy (non-hydrogen) atoms. The van der Waals surface area contributed by atoms with E-state index in [2.05, 4.69) is 15.6 Å². The zero-order valence-electron chi connectivity index (χ0n) is 15.2. The molecule has 0 bridgehead atoms. The monoisotopic (exact) mass is 409 g/mol. The molecule has 1 heterocycles. The first-order valence-corrected chi connectivity index (χ1v) is 10.4. The van der Waals surface area contributed by atoms with Crippen molar-refractivity contribution in [1.29, 1.82) is 0 Å². The lowest BCUT2D eigenvalue weighted by atomic mass is 10.2. The van der Waals surface area contributed by atoms with Gasteiger partial charge in [0.2, 0.25) is 11.8 Å². The van der Waals surface area contributed by atoms with E-state index in [0.29, 0.717) is 10.8 Å². The van der Waals surface area contributed by atoms with Gasteiger partial charge in [-0.15, -0.1) is 23.1 Å². The molecule has 1 aromatic heterocycles. The van der Waals surface area contributed by atoms with Crippen LogP contribution in [-0.2, 0) is 9.59 Å². The molecule has 142 valence electrons. The quantitative estimate of drug-likeness (QED) is 0.433. The maximum atomic E-state index is 12.1. The molecule has 0 saturated carbocycles. The van der Waals surface area contributed by atoms with Crippen molar-refractivity contribution in [2.75, 3.05) is 16.4 Å². The first-order chi connectivity index (χ1) is 13.6. The van der Waals surface area contributed by atoms with Crippen LogP contribution in [-0.4, -0.2) is 22.6 Å². The number of thioether (sulfide) groups is 1. The van der Waals surface area contributed by atoms with Crippen molar-refractivity contribution in [3.63, 3.8) is 0 Å². The summed E-state index contributed by atoms with van der Waals surface area (Å²) in [5.41, 5.74) is 2.53. The molecule has 0 fully saturated rings. The summed E-state index contributed by atoms with van der Waals surface area (Å²) in [6.07, 6.45) is 3.26. The molecule has 2 N–H and O–H groups in total. The third-order valence-electron chi connectivity index (χ3n) is 3.56. The molecule has 0 aliphatic carbocycles. The summed E-state index contributed by atoms with van der Waals surface area (Å²) in [4.78, 5) is 29.2. The minimum Gasteiger partial charge on any atom is -0.322 e. The van der Waals surface area contributed by atoms with Crippen molar-refractivity contribution >= 4 is 51.8 Å². The smallest absolute Gasteiger partial charge is 0.248 e. The lowest BCUT2D eigenvalue weighted by Crippen LogP contribution is -2.13. The van der Waals surface area contributed by atoms with Gasteiger partial charge in [0.1, 0.15) is 0 Å². The fourth-order valence-electron chi connectivity index (χ4n) is 2.30. The van der Waals surface area contributed by atoms with Gasteiger partial charge in [0.25, 0.3) is 0 Å². The number of carbonyl (C=O) groups excluding carboxylic acids is 2. The second-order valence-corrected chi connectivity index (χ2v) is 7.80. The summed E-state index contributed by atoms with van der Waals surface area (Å²) < 4.78 is 0. The molecular weight excluding hydrogens is 390 g/mol. The Balaban J connectivity index is 1.51. The average molecular weight is 410 g/mol. The van der Waals surface area contributed by atoms with Gasteiger partial charge in [-0.05, 0) is 36.8 Å². The summed E-state index contributed by atoms with van der Waals surface area (Å²) in [5, 5.41) is 8.11. The number of thiazole rings is 1. The van der Waals surface area contributed by atoms with Crippen LogP contribution < -0.4 is 10.6 Å². The van der Waals surface area contributed by atoms with Crippen molar-refractivity contribution in [1.82, 2.24) is 4.98 Å². The Bertz CT molecular complexity index is 984. The van der Waals surface area contributed by atoms with Crippen LogP contribution in [0.25, 0.3) is 6.08 Å². The van der Waals surface area contributed by atoms with Crippen LogP contribution in [0.1, 0.15) is 11.3 Å². The van der Waals surface area contributed by atoms with Crippen molar-refractivity contribution in [2.24, 2.45) is 0 Å². The van der Waals surface area contributed by atoms with Crippen LogP contribution in [0.2, 0.25) is 0 Å². The molecule has 0 spiro atoms. The van der Waals surface area contributed by atoms with Crippen molar-refractivity contribution < 1.29 is 9.59 Å². The van der Waals surface area contributed by atoms with Gasteiger partial charge in [0, 0.05) is 22.0 Å². The summed E-state index contributed by atoms with van der Waals surface area (Å²) in [7, 11) is 0. The molecule has 0 unspecified atom stereocenters. The van der Waals surface area contributed by atoms with Gasteiger partial charge in [-0.3, -0.25) is 9.59 Å². The van der Waals surface area contributed by atoms with Crippen LogP contribution in [0.5, 0.6) is 0 Å². The largest absolute Gasteiger partial charge is 0.322 e. The average Bonchev–Trinajstić information content (AvgIpc) is 3.10. The van der Waals surface area contributed by atoms with Gasteiger partial charge in [-0.1, -0.05) is 36.4 Å². The number of benzene rings is 2. The molecule has 0 aliphatic rings. The van der Waals surface area contributed by atoms with Crippen molar-refractivity contribution in [2.45, 2.75) is 11.8 Å². The molecule has 0 aliphatic heterocycles. The number of aromatic nitrogens is 1. The predicted molar refractivity (Wildman–Crippen MR) is 117 cm³/mol. The van der Waals surface area contributed by atoms with E-state index in [0.717, 1.165) is 16.2 Å². The van der Waals surface area contributed by atoms with E-state index in [-0.39, 0.29) is 17.6 Å². The molecule has 0 radical (unpaired) electrons. The van der Waals surface area contributed by atoms with E-state index in [1.807, 2.05) is 66.9 Å². The zero-order chi connectivity index (χ0) is 19.8. The van der Waals surface area contributed by atoms with Gasteiger partial charge in [-0.2, -0.15) is 0 Å². The van der Waals surface area contributed by atoms with Crippen LogP contribution in [0.3, 0.4) is 0 Å². The van der Waals surface area contributed by atoms with Gasteiger partial charge >= 0.3 is 0 Å². The number of nitrogens with zero attached hydrogens (tertiary/aromatic N) is 1. The third kappa shape index (κ3) is 6.37. The summed E-state index contributed by atoms with van der Waals surface area (Å²) >= 11 is 2.81. The topological polar surface area (TPSA) is 71.1 Å². The molecule has 7 heteroatoms. The van der Waals surface area contributed by atoms with E-state index in [4.69, 9.17) is 0 Å². The van der Waals surface area contributed by atoms with Crippen molar-refractivity contribution in [3.8, 4) is 0 Å². The summed E-state index contributed by atoms with van der Waals surface area (Å²) in [6.45, 7) is 1.88. The van der Waals surface area contributed by atoms with Crippen LogP contribution in [0.4, 0.5) is 10.8 Å². The van der Waals surface area contributed by atoms with Crippen LogP contribution >= 0.6 is 23.1 Å². The Morgan fingerprint density at radius 3 is 2.68 bits per heavy atom. The molecular formula is C21H19N3O2S2. The standard InChI is InChI=1S/C21H19N3O2S2/c1-15-13-28-21(22-15)24-20(26)14-27-18-9-5-8-17(12-18)23-19(25)11-10-16-6-3-2-4-7-16/h2-13H,14H2,1H3,(H,23,25)(H,22,24,26)/b11-10+. The normalized spacial score (nSPS) is 10.8. The molecule has 0 saturated heterocycles. The Kier molecular flexibility index (Phi) is 7.00. The first-order valence-electron chi connectivity index (χ1n) is 8.57. The Morgan fingerprint density at radius 1 is 1.11 bits per heavy atom. The number of aryl methyl sites for hydroxylation is 1. The highest BCUT2D eigenvalue weighted by Crippen LogP contribution is 2.22. The zero-order valence-corrected chi connectivity index (χ0v) is 16.8. The van der Waals surface area contributed by atoms with Gasteiger partial charge in [0.05, 0.1) is 11.4 Å². The highest BCUT2D eigenvalue weighted by molar-refractivity contribution is 8.00. The number of rotatable bonds is 7. The predicted octanol–water partition coefficient (Wildman–Crippen LogP) is 4.83. The van der Waals surface area contributed by atoms with Gasteiger partial charge < -0.3 is 10.6 Å². The number of carbonyl (C=O) groups is 2. The lowest BCUT2D eigenvalue weighted by molar-refractivity contribution is -0.114. The van der Waals surface area contributed by atoms with E-state index < -0.39 is 0 Å². The molecule has 5 nitrogen and oxygen atoms in total. The number of amides is 2. The minimum atomic E-state index is -0.206. The molecule has 3 rings (SSSR count). The van der Waals surface area contributed by atoms with Gasteiger partial charge in [-0.25, -0.2) is 4.98 Å². The second-order valence-electron chi connectivity index (χ2n) is 5.89. The van der Waals surface area contributed by atoms with Crippen LogP contribution in [0.15, 0.2) is 70.9 Å². The maximum absolute atomic E-state index is 12.1. The van der Waals surface area contributed by atoms with E-state index >= 15 is 0 Å². The van der Waals surface area contributed by atoms with E-state index in [9.17, 15) is 9.59 Å². The molecule has 3 aromatic rings. The highest BCUT2D eigenvalue weighted by Gasteiger charge is 2.07. The van der Waals surface area contributed by atoms with E-state index in [1.165, 1.54) is 29.2 Å². The Labute approximate surface area is 171 Å². The maximum Gasteiger partial charge on any atom is 0.248 e. The second kappa shape index (κ2) is 9.87. The molecule has 2 aromatic carbocycles. The Morgan fingerprint density at radius 2 is 1.93 bits per heavy atom. The molecule has 0 atom stereocenters. The number of hydrogen-bond acceptors (Lipinski definition) is 5. The van der Waals surface area contributed by atoms with Gasteiger partial charge in [0.15, 0.2) is 5.13 Å². The van der Waals surface area contributed by atoms with Crippen molar-refractivity contribution in [3.05, 3.63) is 77.3 Å². The van der Waals surface area contributed by atoms with E-state index in [1.54, 1.807) is 6.08 Å². The molecule has 2 amide bonds. The first kappa shape index (κ1) is 19.9. The third-order valence-corrected chi connectivity index (χ3v) is 5.43. The Hall–Kier alpha value is -2.90.